The second kappa shape index (κ2) is 5.87. The number of anilines is 1. The van der Waals surface area contributed by atoms with E-state index in [9.17, 15) is 9.59 Å². The van der Waals surface area contributed by atoms with Crippen LogP contribution >= 0.6 is 0 Å². The predicted octanol–water partition coefficient (Wildman–Crippen LogP) is 2.41. The summed E-state index contributed by atoms with van der Waals surface area (Å²) in [5.74, 6) is -0.977. The topological polar surface area (TPSA) is 49.4 Å². The highest BCUT2D eigenvalue weighted by Gasteiger charge is 2.32. The lowest BCUT2D eigenvalue weighted by Gasteiger charge is -2.38. The number of benzene rings is 1. The van der Waals surface area contributed by atoms with Crippen LogP contribution in [0.1, 0.15) is 33.1 Å². The van der Waals surface area contributed by atoms with Gasteiger partial charge in [-0.3, -0.25) is 9.59 Å². The molecule has 4 nitrogen and oxygen atoms in total. The Balaban J connectivity index is 2.04. The minimum atomic E-state index is -0.549. The van der Waals surface area contributed by atoms with Crippen LogP contribution in [0.5, 0.6) is 0 Å². The molecule has 1 saturated heterocycles. The van der Waals surface area contributed by atoms with E-state index in [1.807, 2.05) is 32.0 Å². The van der Waals surface area contributed by atoms with Crippen molar-refractivity contribution >= 4 is 17.5 Å². The smallest absolute Gasteiger partial charge is 0.313 e. The van der Waals surface area contributed by atoms with Crippen LogP contribution in [0.3, 0.4) is 0 Å². The first-order valence-electron chi connectivity index (χ1n) is 6.78. The molecule has 2 unspecified atom stereocenters. The van der Waals surface area contributed by atoms with E-state index in [4.69, 9.17) is 0 Å². The summed E-state index contributed by atoms with van der Waals surface area (Å²) in [5.41, 5.74) is 0.651. The second-order valence-corrected chi connectivity index (χ2v) is 5.16. The molecule has 0 radical (unpaired) electrons. The van der Waals surface area contributed by atoms with Gasteiger partial charge in [-0.25, -0.2) is 0 Å². The van der Waals surface area contributed by atoms with Gasteiger partial charge < -0.3 is 10.2 Å². The van der Waals surface area contributed by atoms with Gasteiger partial charge in [-0.05, 0) is 45.2 Å². The molecule has 2 rings (SSSR count). The number of carbonyl (C=O) groups is 2. The van der Waals surface area contributed by atoms with Crippen molar-refractivity contribution in [3.8, 4) is 0 Å². The fourth-order valence-electron chi connectivity index (χ4n) is 2.64. The zero-order chi connectivity index (χ0) is 13.8. The Kier molecular flexibility index (Phi) is 4.20. The maximum absolute atomic E-state index is 12.2. The summed E-state index contributed by atoms with van der Waals surface area (Å²) >= 11 is 0. The summed E-state index contributed by atoms with van der Waals surface area (Å²) in [6.07, 6.45) is 3.05. The fraction of sp³-hybridized carbons (Fsp3) is 0.467. The number of amides is 2. The zero-order valence-corrected chi connectivity index (χ0v) is 11.4. The van der Waals surface area contributed by atoms with Gasteiger partial charge in [-0.15, -0.1) is 0 Å². The molecule has 4 heteroatoms. The Labute approximate surface area is 113 Å². The third-order valence-electron chi connectivity index (χ3n) is 3.65. The summed E-state index contributed by atoms with van der Waals surface area (Å²) in [6.45, 7) is 4.01. The molecule has 0 bridgehead atoms. The molecule has 2 atom stereocenters. The molecule has 2 amide bonds. The Morgan fingerprint density at radius 3 is 2.26 bits per heavy atom. The van der Waals surface area contributed by atoms with E-state index in [1.165, 1.54) is 0 Å². The van der Waals surface area contributed by atoms with Gasteiger partial charge in [0.15, 0.2) is 0 Å². The number of likely N-dealkylation sites (tertiary alicyclic amines) is 1. The minimum Gasteiger partial charge on any atom is -0.329 e. The van der Waals surface area contributed by atoms with E-state index in [0.717, 1.165) is 19.3 Å². The van der Waals surface area contributed by atoms with Crippen molar-refractivity contribution < 1.29 is 9.59 Å². The van der Waals surface area contributed by atoms with E-state index < -0.39 is 11.8 Å². The molecule has 1 aliphatic rings. The molecule has 19 heavy (non-hydrogen) atoms. The number of nitrogens with one attached hydrogen (secondary N) is 1. The third-order valence-corrected chi connectivity index (χ3v) is 3.65. The van der Waals surface area contributed by atoms with Crippen molar-refractivity contribution in [1.82, 2.24) is 4.90 Å². The number of hydrogen-bond donors (Lipinski definition) is 1. The van der Waals surface area contributed by atoms with Gasteiger partial charge in [0.05, 0.1) is 0 Å². The van der Waals surface area contributed by atoms with Crippen LogP contribution in [-0.4, -0.2) is 28.8 Å². The molecule has 1 fully saturated rings. The first kappa shape index (κ1) is 13.6. The molecular formula is C15H20N2O2. The monoisotopic (exact) mass is 260 g/mol. The van der Waals surface area contributed by atoms with Crippen molar-refractivity contribution in [3.05, 3.63) is 30.3 Å². The molecule has 1 aromatic rings. The van der Waals surface area contributed by atoms with Gasteiger partial charge >= 0.3 is 11.8 Å². The molecule has 0 saturated carbocycles. The van der Waals surface area contributed by atoms with Gasteiger partial charge in [0, 0.05) is 17.8 Å². The molecule has 0 aromatic heterocycles. The lowest BCUT2D eigenvalue weighted by molar-refractivity contribution is -0.147. The van der Waals surface area contributed by atoms with Crippen LogP contribution in [0.2, 0.25) is 0 Å². The standard InChI is InChI=1S/C15H20N2O2/c1-11-7-6-8-12(2)17(11)15(19)14(18)16-13-9-4-3-5-10-13/h3-5,9-12H,6-8H2,1-2H3,(H,16,18). The normalized spacial score (nSPS) is 22.9. The molecule has 1 heterocycles. The number of para-hydroxylation sites is 1. The SMILES string of the molecule is CC1CCCC(C)N1C(=O)C(=O)Nc1ccccc1. The van der Waals surface area contributed by atoms with Gasteiger partial charge in [-0.2, -0.15) is 0 Å². The maximum atomic E-state index is 12.2. The Hall–Kier alpha value is -1.84. The van der Waals surface area contributed by atoms with E-state index in [0.29, 0.717) is 5.69 Å². The lowest BCUT2D eigenvalue weighted by atomic mass is 9.97. The lowest BCUT2D eigenvalue weighted by Crippen LogP contribution is -2.51. The van der Waals surface area contributed by atoms with E-state index in [2.05, 4.69) is 5.32 Å². The first-order valence-corrected chi connectivity index (χ1v) is 6.78. The van der Waals surface area contributed by atoms with Crippen molar-refractivity contribution in [3.63, 3.8) is 0 Å². The number of nitrogens with zero attached hydrogens (tertiary/aromatic N) is 1. The van der Waals surface area contributed by atoms with Crippen LogP contribution in [0.15, 0.2) is 30.3 Å². The summed E-state index contributed by atoms with van der Waals surface area (Å²) in [7, 11) is 0. The first-order chi connectivity index (χ1) is 9.09. The molecule has 102 valence electrons. The number of carbonyl (C=O) groups excluding carboxylic acids is 2. The fourth-order valence-corrected chi connectivity index (χ4v) is 2.64. The van der Waals surface area contributed by atoms with E-state index >= 15 is 0 Å². The third kappa shape index (κ3) is 3.13. The predicted molar refractivity (Wildman–Crippen MR) is 74.7 cm³/mol. The second-order valence-electron chi connectivity index (χ2n) is 5.16. The molecule has 1 aliphatic heterocycles. The minimum absolute atomic E-state index is 0.137. The number of hydrogen-bond acceptors (Lipinski definition) is 2. The summed E-state index contributed by atoms with van der Waals surface area (Å²) in [4.78, 5) is 25.9. The van der Waals surface area contributed by atoms with Crippen molar-refractivity contribution in [2.75, 3.05) is 5.32 Å². The Bertz CT molecular complexity index is 448. The maximum Gasteiger partial charge on any atom is 0.313 e. The van der Waals surface area contributed by atoms with Crippen LogP contribution in [0.25, 0.3) is 0 Å². The molecule has 0 aliphatic carbocycles. The molecular weight excluding hydrogens is 240 g/mol. The van der Waals surface area contributed by atoms with Crippen molar-refractivity contribution in [1.29, 1.82) is 0 Å². The highest BCUT2D eigenvalue weighted by molar-refractivity contribution is 6.39. The highest BCUT2D eigenvalue weighted by Crippen LogP contribution is 2.22. The van der Waals surface area contributed by atoms with Crippen LogP contribution in [0.4, 0.5) is 5.69 Å². The zero-order valence-electron chi connectivity index (χ0n) is 11.4. The van der Waals surface area contributed by atoms with Crippen molar-refractivity contribution in [2.24, 2.45) is 0 Å². The highest BCUT2D eigenvalue weighted by atomic mass is 16.2. The summed E-state index contributed by atoms with van der Waals surface area (Å²) < 4.78 is 0. The van der Waals surface area contributed by atoms with Gasteiger partial charge in [0.1, 0.15) is 0 Å². The summed E-state index contributed by atoms with van der Waals surface area (Å²) in [6, 6.07) is 9.34. The largest absolute Gasteiger partial charge is 0.329 e. The average Bonchev–Trinajstić information content (AvgIpc) is 2.39. The average molecular weight is 260 g/mol. The summed E-state index contributed by atoms with van der Waals surface area (Å²) in [5, 5.41) is 2.65. The van der Waals surface area contributed by atoms with Gasteiger partial charge in [0.2, 0.25) is 0 Å². The Morgan fingerprint density at radius 2 is 1.68 bits per heavy atom. The van der Waals surface area contributed by atoms with Crippen molar-refractivity contribution in [2.45, 2.75) is 45.2 Å². The number of piperidine rings is 1. The van der Waals surface area contributed by atoms with Gasteiger partial charge in [0.25, 0.3) is 0 Å². The molecule has 1 aromatic carbocycles. The van der Waals surface area contributed by atoms with Gasteiger partial charge in [-0.1, -0.05) is 18.2 Å². The van der Waals surface area contributed by atoms with Crippen LogP contribution in [0, 0.1) is 0 Å². The van der Waals surface area contributed by atoms with Crippen LogP contribution in [-0.2, 0) is 9.59 Å². The van der Waals surface area contributed by atoms with E-state index in [-0.39, 0.29) is 12.1 Å². The quantitative estimate of drug-likeness (QED) is 0.788. The molecule has 1 N–H and O–H groups in total. The van der Waals surface area contributed by atoms with Crippen LogP contribution < -0.4 is 5.32 Å². The number of rotatable bonds is 1. The molecule has 0 spiro atoms. The Morgan fingerprint density at radius 1 is 1.11 bits per heavy atom. The van der Waals surface area contributed by atoms with E-state index in [1.54, 1.807) is 17.0 Å².